The second kappa shape index (κ2) is 9.46. The zero-order chi connectivity index (χ0) is 26.9. The van der Waals surface area contributed by atoms with Crippen molar-refractivity contribution >= 4 is 34.4 Å². The van der Waals surface area contributed by atoms with Gasteiger partial charge in [0.2, 0.25) is 0 Å². The van der Waals surface area contributed by atoms with Crippen LogP contribution in [0.3, 0.4) is 0 Å². The van der Waals surface area contributed by atoms with E-state index < -0.39 is 29.5 Å². The molecule has 0 fully saturated rings. The lowest BCUT2D eigenvalue weighted by molar-refractivity contribution is -0.137. The highest BCUT2D eigenvalue weighted by Gasteiger charge is 2.34. The number of nitrogens with zero attached hydrogens (tertiary/aromatic N) is 2. The number of aromatic nitrogens is 1. The highest BCUT2D eigenvalue weighted by atomic mass is 19.4. The van der Waals surface area contributed by atoms with Crippen LogP contribution in [-0.4, -0.2) is 35.1 Å². The molecular weight excluding hydrogens is 493 g/mol. The van der Waals surface area contributed by atoms with E-state index in [2.05, 4.69) is 15.8 Å². The van der Waals surface area contributed by atoms with Crippen LogP contribution in [-0.2, 0) is 6.18 Å². The van der Waals surface area contributed by atoms with Crippen LogP contribution in [0, 0.1) is 11.3 Å². The van der Waals surface area contributed by atoms with Gasteiger partial charge in [0.1, 0.15) is 0 Å². The zero-order valence-corrected chi connectivity index (χ0v) is 18.8. The summed E-state index contributed by atoms with van der Waals surface area (Å²) in [6.45, 7) is 0. The molecule has 37 heavy (non-hydrogen) atoms. The molecule has 0 aliphatic rings. The van der Waals surface area contributed by atoms with Crippen LogP contribution in [0.15, 0.2) is 59.1 Å². The van der Waals surface area contributed by atoms with Crippen LogP contribution in [0.5, 0.6) is 0 Å². The van der Waals surface area contributed by atoms with Crippen LogP contribution in [0.1, 0.15) is 42.3 Å². The van der Waals surface area contributed by atoms with Gasteiger partial charge in [0.15, 0.2) is 11.3 Å². The van der Waals surface area contributed by atoms with Crippen LogP contribution in [0.2, 0.25) is 0 Å². The molecule has 0 aliphatic carbocycles. The number of nitrogens with one attached hydrogen (secondary N) is 2. The van der Waals surface area contributed by atoms with Crippen molar-refractivity contribution in [2.24, 2.45) is 0 Å². The van der Waals surface area contributed by atoms with Gasteiger partial charge in [0.25, 0.3) is 11.8 Å². The van der Waals surface area contributed by atoms with E-state index in [1.165, 1.54) is 49.5 Å². The number of rotatable bonds is 5. The fourth-order valence-corrected chi connectivity index (χ4v) is 3.74. The monoisotopic (exact) mass is 508 g/mol. The molecule has 0 unspecified atom stereocenters. The largest absolute Gasteiger partial charge is 0.478 e. The van der Waals surface area contributed by atoms with Crippen molar-refractivity contribution < 1.29 is 37.2 Å². The minimum atomic E-state index is -4.73. The molecule has 2 amide bonds. The number of carboxylic acid groups (broad SMARTS) is 1. The number of anilines is 1. The number of alkyl halides is 3. The first kappa shape index (κ1) is 24.9. The van der Waals surface area contributed by atoms with Gasteiger partial charge in [-0.15, -0.1) is 0 Å². The molecule has 0 saturated heterocycles. The predicted octanol–water partition coefficient (Wildman–Crippen LogP) is 4.70. The quantitative estimate of drug-likeness (QED) is 0.354. The molecule has 3 N–H and O–H groups in total. The Morgan fingerprint density at radius 1 is 1.00 bits per heavy atom. The van der Waals surface area contributed by atoms with Crippen molar-refractivity contribution in [2.45, 2.75) is 6.18 Å². The summed E-state index contributed by atoms with van der Waals surface area (Å²) in [6.07, 6.45) is -4.73. The zero-order valence-electron chi connectivity index (χ0n) is 18.8. The number of carbonyl (C=O) groups excluding carboxylic acids is 2. The number of benzene rings is 3. The van der Waals surface area contributed by atoms with Crippen molar-refractivity contribution in [1.82, 2.24) is 10.5 Å². The second-order valence-corrected chi connectivity index (χ2v) is 7.68. The van der Waals surface area contributed by atoms with E-state index in [0.29, 0.717) is 0 Å². The van der Waals surface area contributed by atoms with Gasteiger partial charge in [-0.2, -0.15) is 18.4 Å². The minimum Gasteiger partial charge on any atom is -0.478 e. The fraction of sp³-hybridized carbons (Fsp3) is 0.0800. The average molecular weight is 508 g/mol. The van der Waals surface area contributed by atoms with Gasteiger partial charge in [0, 0.05) is 7.05 Å². The summed E-state index contributed by atoms with van der Waals surface area (Å²) in [7, 11) is 1.31. The van der Waals surface area contributed by atoms with E-state index >= 15 is 0 Å². The summed E-state index contributed by atoms with van der Waals surface area (Å²) in [4.78, 5) is 37.1. The Morgan fingerprint density at radius 2 is 1.73 bits per heavy atom. The third-order valence-electron chi connectivity index (χ3n) is 5.45. The van der Waals surface area contributed by atoms with Gasteiger partial charge >= 0.3 is 12.1 Å². The van der Waals surface area contributed by atoms with Crippen LogP contribution < -0.4 is 10.6 Å². The first-order valence-corrected chi connectivity index (χ1v) is 10.5. The molecule has 12 heteroatoms. The van der Waals surface area contributed by atoms with Gasteiger partial charge < -0.3 is 20.3 Å². The lowest BCUT2D eigenvalue weighted by Crippen LogP contribution is -2.19. The lowest BCUT2D eigenvalue weighted by Gasteiger charge is -2.15. The van der Waals surface area contributed by atoms with Crippen LogP contribution in [0.25, 0.3) is 22.1 Å². The molecule has 3 aromatic carbocycles. The number of amides is 2. The van der Waals surface area contributed by atoms with Gasteiger partial charge in [-0.25, -0.2) is 4.79 Å². The summed E-state index contributed by atoms with van der Waals surface area (Å²) in [5.74, 6) is -3.02. The molecule has 1 aromatic heterocycles. The SMILES string of the molecule is CNC(=O)c1cc2onc(C(=O)Nc3ccc(C#N)cc3C(=O)O)c2cc1-c1ccccc1C(F)(F)F. The number of hydrogen-bond acceptors (Lipinski definition) is 6. The molecule has 1 heterocycles. The Hall–Kier alpha value is -5.18. The van der Waals surface area contributed by atoms with Crippen LogP contribution in [0.4, 0.5) is 18.9 Å². The van der Waals surface area contributed by atoms with Crippen LogP contribution >= 0.6 is 0 Å². The molecule has 4 aromatic rings. The molecule has 186 valence electrons. The first-order chi connectivity index (χ1) is 17.5. The maximum atomic E-state index is 13.7. The summed E-state index contributed by atoms with van der Waals surface area (Å²) >= 11 is 0. The topological polar surface area (TPSA) is 145 Å². The number of carbonyl (C=O) groups is 3. The lowest BCUT2D eigenvalue weighted by atomic mass is 9.93. The standard InChI is InChI=1S/C25H15F3N4O5/c1-30-22(33)15-10-20-17(9-14(15)13-4-2-3-5-18(13)25(26,27)28)21(32-37-20)23(34)31-19-7-6-12(11-29)8-16(19)24(35)36/h2-10H,1H3,(H,30,33)(H,31,34)(H,35,36). The van der Waals surface area contributed by atoms with Crippen molar-refractivity contribution in [1.29, 1.82) is 5.26 Å². The van der Waals surface area contributed by atoms with E-state index in [1.807, 2.05) is 0 Å². The average Bonchev–Trinajstić information content (AvgIpc) is 3.30. The second-order valence-electron chi connectivity index (χ2n) is 7.68. The Labute approximate surface area is 206 Å². The molecule has 0 aliphatic heterocycles. The number of nitriles is 1. The molecule has 9 nitrogen and oxygen atoms in total. The molecule has 0 spiro atoms. The van der Waals surface area contributed by atoms with E-state index in [9.17, 15) is 32.7 Å². The number of fused-ring (bicyclic) bond motifs is 1. The van der Waals surface area contributed by atoms with Gasteiger partial charge in [0.05, 0.1) is 39.4 Å². The van der Waals surface area contributed by atoms with Gasteiger partial charge in [-0.05, 0) is 47.5 Å². The minimum absolute atomic E-state index is 0.0114. The molecule has 0 atom stereocenters. The van der Waals surface area contributed by atoms with Crippen molar-refractivity contribution in [2.75, 3.05) is 12.4 Å². The molecular formula is C25H15F3N4O5. The Bertz CT molecular complexity index is 1620. The van der Waals surface area contributed by atoms with Gasteiger partial charge in [-0.3, -0.25) is 9.59 Å². The van der Waals surface area contributed by atoms with E-state index in [1.54, 1.807) is 6.07 Å². The summed E-state index contributed by atoms with van der Waals surface area (Å²) < 4.78 is 46.4. The van der Waals surface area contributed by atoms with E-state index in [0.717, 1.165) is 12.1 Å². The summed E-state index contributed by atoms with van der Waals surface area (Å²) in [5, 5.41) is 26.9. The third kappa shape index (κ3) is 4.70. The van der Waals surface area contributed by atoms with Crippen molar-refractivity contribution in [3.8, 4) is 17.2 Å². The van der Waals surface area contributed by atoms with Crippen molar-refractivity contribution in [3.05, 3.63) is 82.5 Å². The molecule has 0 radical (unpaired) electrons. The fourth-order valence-electron chi connectivity index (χ4n) is 3.74. The first-order valence-electron chi connectivity index (χ1n) is 10.5. The number of hydrogen-bond donors (Lipinski definition) is 3. The predicted molar refractivity (Wildman–Crippen MR) is 124 cm³/mol. The Balaban J connectivity index is 1.87. The highest BCUT2D eigenvalue weighted by molar-refractivity contribution is 6.14. The van der Waals surface area contributed by atoms with E-state index in [-0.39, 0.29) is 50.2 Å². The van der Waals surface area contributed by atoms with E-state index in [4.69, 9.17) is 9.78 Å². The number of aromatic carboxylic acids is 1. The maximum Gasteiger partial charge on any atom is 0.417 e. The smallest absolute Gasteiger partial charge is 0.417 e. The molecule has 0 bridgehead atoms. The highest BCUT2D eigenvalue weighted by Crippen LogP contribution is 2.40. The molecule has 0 saturated carbocycles. The number of halogens is 3. The molecule has 4 rings (SSSR count). The third-order valence-corrected chi connectivity index (χ3v) is 5.45. The van der Waals surface area contributed by atoms with Gasteiger partial charge in [-0.1, -0.05) is 23.4 Å². The Kier molecular flexibility index (Phi) is 6.37. The normalized spacial score (nSPS) is 11.1. The summed E-state index contributed by atoms with van der Waals surface area (Å²) in [6, 6.07) is 12.4. The maximum absolute atomic E-state index is 13.7. The van der Waals surface area contributed by atoms with Crippen molar-refractivity contribution in [3.63, 3.8) is 0 Å². The summed E-state index contributed by atoms with van der Waals surface area (Å²) in [5.41, 5.74) is -2.43. The number of carboxylic acids is 1. The Morgan fingerprint density at radius 3 is 2.38 bits per heavy atom.